The first-order chi connectivity index (χ1) is 10.7. The number of carboxylic acid groups (broad SMARTS) is 1. The average Bonchev–Trinajstić information content (AvgIpc) is 2.34. The standard InChI is InChI=1S/C15H27IN2O6/c1-13(2,3)23-11(21)15(10(19)20,8-7-9-17)18(16)12(22)24-14(4,5)6/h7-9,17H2,1-6H3,(H,19,20). The molecule has 9 heteroatoms. The summed E-state index contributed by atoms with van der Waals surface area (Å²) in [7, 11) is 0. The summed E-state index contributed by atoms with van der Waals surface area (Å²) in [6.07, 6.45) is -0.905. The van der Waals surface area contributed by atoms with Crippen molar-refractivity contribution in [1.82, 2.24) is 3.11 Å². The Balaban J connectivity index is 5.86. The Kier molecular flexibility index (Phi) is 7.94. The topological polar surface area (TPSA) is 119 Å². The Morgan fingerprint density at radius 1 is 1.04 bits per heavy atom. The first-order valence-electron chi connectivity index (χ1n) is 7.53. The number of amides is 1. The lowest BCUT2D eigenvalue weighted by molar-refractivity contribution is -0.175. The Morgan fingerprint density at radius 3 is 1.83 bits per heavy atom. The van der Waals surface area contributed by atoms with Gasteiger partial charge in [-0.2, -0.15) is 0 Å². The van der Waals surface area contributed by atoms with E-state index in [9.17, 15) is 19.5 Å². The molecule has 8 nitrogen and oxygen atoms in total. The van der Waals surface area contributed by atoms with E-state index in [0.29, 0.717) is 0 Å². The van der Waals surface area contributed by atoms with E-state index in [2.05, 4.69) is 0 Å². The van der Waals surface area contributed by atoms with Gasteiger partial charge in [0.25, 0.3) is 0 Å². The molecule has 0 aromatic rings. The third-order valence-corrected chi connectivity index (χ3v) is 3.94. The summed E-state index contributed by atoms with van der Waals surface area (Å²) in [6.45, 7) is 9.94. The van der Waals surface area contributed by atoms with Gasteiger partial charge in [0.2, 0.25) is 5.54 Å². The minimum atomic E-state index is -2.21. The minimum absolute atomic E-state index is 0.163. The highest BCUT2D eigenvalue weighted by atomic mass is 127. The first kappa shape index (κ1) is 22.9. The molecule has 0 aliphatic heterocycles. The number of nitrogens with zero attached hydrogens (tertiary/aromatic N) is 1. The molecule has 0 rings (SSSR count). The molecule has 0 radical (unpaired) electrons. The molecule has 0 aromatic carbocycles. The highest BCUT2D eigenvalue weighted by Gasteiger charge is 2.56. The highest BCUT2D eigenvalue weighted by Crippen LogP contribution is 2.31. The van der Waals surface area contributed by atoms with E-state index < -0.39 is 34.8 Å². The molecule has 1 unspecified atom stereocenters. The summed E-state index contributed by atoms with van der Waals surface area (Å²) < 4.78 is 11.2. The summed E-state index contributed by atoms with van der Waals surface area (Å²) in [6, 6.07) is 0. The van der Waals surface area contributed by atoms with Crippen molar-refractivity contribution in [3.05, 3.63) is 0 Å². The van der Waals surface area contributed by atoms with Crippen molar-refractivity contribution in [3.63, 3.8) is 0 Å². The number of aliphatic carboxylic acids is 1. The molecule has 1 atom stereocenters. The Labute approximate surface area is 156 Å². The Morgan fingerprint density at radius 2 is 1.50 bits per heavy atom. The molecule has 0 aromatic heterocycles. The molecular formula is C15H27IN2O6. The fraction of sp³-hybridized carbons (Fsp3) is 0.800. The van der Waals surface area contributed by atoms with Gasteiger partial charge < -0.3 is 20.3 Å². The molecule has 24 heavy (non-hydrogen) atoms. The zero-order chi connectivity index (χ0) is 19.3. The number of esters is 1. The molecular weight excluding hydrogens is 431 g/mol. The SMILES string of the molecule is CC(C)(C)OC(=O)N(I)C(CCCN)(C(=O)O)C(=O)OC(C)(C)C. The molecule has 0 saturated carbocycles. The van der Waals surface area contributed by atoms with Crippen molar-refractivity contribution < 1.29 is 29.0 Å². The number of hydrogen-bond acceptors (Lipinski definition) is 6. The smallest absolute Gasteiger partial charge is 0.420 e. The molecule has 0 bridgehead atoms. The van der Waals surface area contributed by atoms with Gasteiger partial charge in [-0.15, -0.1) is 0 Å². The van der Waals surface area contributed by atoms with Crippen molar-refractivity contribution >= 4 is 40.9 Å². The monoisotopic (exact) mass is 458 g/mol. The van der Waals surface area contributed by atoms with Crippen LogP contribution in [-0.2, 0) is 19.1 Å². The minimum Gasteiger partial charge on any atom is -0.479 e. The summed E-state index contributed by atoms with van der Waals surface area (Å²) in [5, 5.41) is 9.74. The molecule has 0 spiro atoms. The second-order valence-electron chi connectivity index (χ2n) is 7.32. The van der Waals surface area contributed by atoms with Crippen LogP contribution >= 0.6 is 22.9 Å². The van der Waals surface area contributed by atoms with Crippen LogP contribution in [0.15, 0.2) is 0 Å². The van der Waals surface area contributed by atoms with Crippen LogP contribution in [0.1, 0.15) is 54.4 Å². The van der Waals surface area contributed by atoms with Crippen LogP contribution in [0.5, 0.6) is 0 Å². The van der Waals surface area contributed by atoms with Gasteiger partial charge in [-0.05, 0) is 60.9 Å². The molecule has 3 N–H and O–H groups in total. The lowest BCUT2D eigenvalue weighted by Crippen LogP contribution is -2.60. The number of halogens is 1. The van der Waals surface area contributed by atoms with Gasteiger partial charge in [0.15, 0.2) is 0 Å². The summed E-state index contributed by atoms with van der Waals surface area (Å²) >= 11 is 1.48. The van der Waals surface area contributed by atoms with Gasteiger partial charge in [0, 0.05) is 0 Å². The van der Waals surface area contributed by atoms with Crippen LogP contribution < -0.4 is 5.73 Å². The van der Waals surface area contributed by atoms with Crippen LogP contribution in [-0.4, -0.2) is 49.5 Å². The third-order valence-electron chi connectivity index (χ3n) is 2.72. The van der Waals surface area contributed by atoms with E-state index in [1.54, 1.807) is 41.5 Å². The van der Waals surface area contributed by atoms with Gasteiger partial charge in [0.1, 0.15) is 11.2 Å². The predicted octanol–water partition coefficient (Wildman–Crippen LogP) is 2.48. The Hall–Kier alpha value is -1.10. The lowest BCUT2D eigenvalue weighted by atomic mass is 9.93. The van der Waals surface area contributed by atoms with E-state index in [1.807, 2.05) is 0 Å². The van der Waals surface area contributed by atoms with Crippen molar-refractivity contribution in [3.8, 4) is 0 Å². The predicted molar refractivity (Wildman–Crippen MR) is 96.6 cm³/mol. The molecule has 0 aliphatic rings. The van der Waals surface area contributed by atoms with Crippen molar-refractivity contribution in [2.75, 3.05) is 6.54 Å². The molecule has 0 heterocycles. The van der Waals surface area contributed by atoms with Crippen LogP contribution in [0.4, 0.5) is 4.79 Å². The van der Waals surface area contributed by atoms with E-state index in [-0.39, 0.29) is 19.4 Å². The maximum atomic E-state index is 12.6. The molecule has 140 valence electrons. The number of carbonyl (C=O) groups is 3. The summed E-state index contributed by atoms with van der Waals surface area (Å²) in [5.41, 5.74) is 1.49. The van der Waals surface area contributed by atoms with Crippen molar-refractivity contribution in [2.45, 2.75) is 71.1 Å². The summed E-state index contributed by atoms with van der Waals surface area (Å²) in [4.78, 5) is 36.9. The van der Waals surface area contributed by atoms with E-state index in [1.165, 1.54) is 22.9 Å². The van der Waals surface area contributed by atoms with E-state index in [0.717, 1.165) is 3.11 Å². The maximum absolute atomic E-state index is 12.6. The Bertz CT molecular complexity index is 483. The normalized spacial score (nSPS) is 14.5. The second-order valence-corrected chi connectivity index (χ2v) is 8.29. The highest BCUT2D eigenvalue weighted by molar-refractivity contribution is 14.1. The second kappa shape index (κ2) is 8.32. The van der Waals surface area contributed by atoms with E-state index in [4.69, 9.17) is 15.2 Å². The van der Waals surface area contributed by atoms with Gasteiger partial charge in [0.05, 0.1) is 22.9 Å². The van der Waals surface area contributed by atoms with Crippen LogP contribution in [0, 0.1) is 0 Å². The summed E-state index contributed by atoms with van der Waals surface area (Å²) in [5.74, 6) is -2.53. The van der Waals surface area contributed by atoms with Gasteiger partial charge >= 0.3 is 18.0 Å². The van der Waals surface area contributed by atoms with Crippen LogP contribution in [0.25, 0.3) is 0 Å². The third kappa shape index (κ3) is 6.42. The molecule has 0 saturated heterocycles. The lowest BCUT2D eigenvalue weighted by Gasteiger charge is -2.36. The largest absolute Gasteiger partial charge is 0.479 e. The van der Waals surface area contributed by atoms with E-state index >= 15 is 0 Å². The number of carbonyl (C=O) groups excluding carboxylic acids is 2. The van der Waals surface area contributed by atoms with Gasteiger partial charge in [-0.3, -0.25) is 0 Å². The zero-order valence-electron chi connectivity index (χ0n) is 15.0. The number of carboxylic acids is 1. The molecule has 0 aliphatic carbocycles. The van der Waals surface area contributed by atoms with Gasteiger partial charge in [-0.1, -0.05) is 0 Å². The fourth-order valence-electron chi connectivity index (χ4n) is 1.74. The number of hydrogen-bond donors (Lipinski definition) is 2. The zero-order valence-corrected chi connectivity index (χ0v) is 17.2. The molecule has 0 fully saturated rings. The van der Waals surface area contributed by atoms with Crippen LogP contribution in [0.2, 0.25) is 0 Å². The average molecular weight is 458 g/mol. The van der Waals surface area contributed by atoms with Crippen molar-refractivity contribution in [1.29, 1.82) is 0 Å². The van der Waals surface area contributed by atoms with Crippen molar-refractivity contribution in [2.24, 2.45) is 5.73 Å². The first-order valence-corrected chi connectivity index (χ1v) is 8.50. The quantitative estimate of drug-likeness (QED) is 0.272. The molecule has 1 amide bonds. The maximum Gasteiger partial charge on any atom is 0.420 e. The number of nitrogens with two attached hydrogens (primary N) is 1. The van der Waals surface area contributed by atoms with Crippen LogP contribution in [0.3, 0.4) is 0 Å². The number of ether oxygens (including phenoxy) is 2. The number of rotatable bonds is 6. The fourth-order valence-corrected chi connectivity index (χ4v) is 2.48. The van der Waals surface area contributed by atoms with Gasteiger partial charge in [-0.25, -0.2) is 17.5 Å².